The minimum atomic E-state index is 0.0978. The van der Waals surface area contributed by atoms with Gasteiger partial charge in [-0.25, -0.2) is 9.50 Å². The van der Waals surface area contributed by atoms with Crippen molar-refractivity contribution >= 4 is 11.7 Å². The molecule has 0 saturated carbocycles. The van der Waals surface area contributed by atoms with Gasteiger partial charge in [0.05, 0.1) is 7.11 Å². The molecule has 1 aromatic carbocycles. The molecule has 1 aliphatic heterocycles. The van der Waals surface area contributed by atoms with Crippen LogP contribution in [0.25, 0.3) is 5.78 Å². The molecule has 0 spiro atoms. The minimum Gasteiger partial charge on any atom is -0.496 e. The highest BCUT2D eigenvalue weighted by Gasteiger charge is 2.22. The lowest BCUT2D eigenvalue weighted by Gasteiger charge is -2.32. The molecular weight excluding hydrogens is 392 g/mol. The third kappa shape index (κ3) is 4.85. The van der Waals surface area contributed by atoms with Gasteiger partial charge < -0.3 is 10.1 Å². The molecule has 0 aliphatic carbocycles. The molecule has 1 saturated heterocycles. The summed E-state index contributed by atoms with van der Waals surface area (Å²) >= 11 is 0. The van der Waals surface area contributed by atoms with Crippen molar-refractivity contribution in [3.05, 3.63) is 53.1 Å². The quantitative estimate of drug-likeness (QED) is 0.630. The summed E-state index contributed by atoms with van der Waals surface area (Å²) < 4.78 is 7.20. The zero-order chi connectivity index (χ0) is 21.8. The summed E-state index contributed by atoms with van der Waals surface area (Å²) in [6, 6.07) is 8.39. The van der Waals surface area contributed by atoms with E-state index in [0.717, 1.165) is 55.2 Å². The maximum Gasteiger partial charge on any atom is 0.252 e. The van der Waals surface area contributed by atoms with Gasteiger partial charge in [0.2, 0.25) is 5.91 Å². The molecule has 3 heterocycles. The fraction of sp³-hybridized carbons (Fsp3) is 0.478. The third-order valence-corrected chi connectivity index (χ3v) is 6.13. The van der Waals surface area contributed by atoms with Crippen molar-refractivity contribution in [2.45, 2.75) is 52.1 Å². The fourth-order valence-electron chi connectivity index (χ4n) is 4.37. The number of aromatic nitrogens is 4. The average molecular weight is 423 g/mol. The van der Waals surface area contributed by atoms with E-state index < -0.39 is 0 Å². The van der Waals surface area contributed by atoms with Crippen LogP contribution in [0.5, 0.6) is 5.75 Å². The van der Waals surface area contributed by atoms with Gasteiger partial charge in [-0.2, -0.15) is 10.1 Å². The Morgan fingerprint density at radius 3 is 2.77 bits per heavy atom. The van der Waals surface area contributed by atoms with Crippen molar-refractivity contribution in [3.63, 3.8) is 0 Å². The van der Waals surface area contributed by atoms with Gasteiger partial charge in [0.1, 0.15) is 12.1 Å². The fourth-order valence-corrected chi connectivity index (χ4v) is 4.37. The van der Waals surface area contributed by atoms with Crippen molar-refractivity contribution in [1.82, 2.24) is 29.8 Å². The molecule has 1 amide bonds. The number of fused-ring (bicyclic) bond motifs is 1. The lowest BCUT2D eigenvalue weighted by Crippen LogP contribution is -2.44. The lowest BCUT2D eigenvalue weighted by molar-refractivity contribution is -0.122. The van der Waals surface area contributed by atoms with Gasteiger partial charge >= 0.3 is 0 Å². The van der Waals surface area contributed by atoms with Crippen LogP contribution in [0.2, 0.25) is 0 Å². The summed E-state index contributed by atoms with van der Waals surface area (Å²) in [7, 11) is 1.71. The van der Waals surface area contributed by atoms with E-state index >= 15 is 0 Å². The smallest absolute Gasteiger partial charge is 0.252 e. The Bertz CT molecular complexity index is 1060. The standard InChI is InChI=1S/C23H30N6O2/c1-16-20(17(2)29-23(26-16)24-15-25-29)8-9-22(30)27-19-10-12-28(13-11-19)14-18-6-4-5-7-21(18)31-3/h4-7,15,19H,8-14H2,1-3H3,(H,27,30). The van der Waals surface area contributed by atoms with Crippen molar-refractivity contribution < 1.29 is 9.53 Å². The van der Waals surface area contributed by atoms with E-state index in [1.165, 1.54) is 11.9 Å². The van der Waals surface area contributed by atoms with Crippen LogP contribution in [-0.4, -0.2) is 56.6 Å². The number of hydrogen-bond donors (Lipinski definition) is 1. The van der Waals surface area contributed by atoms with E-state index in [4.69, 9.17) is 4.74 Å². The molecule has 0 unspecified atom stereocenters. The van der Waals surface area contributed by atoms with Gasteiger partial charge in [0, 0.05) is 49.0 Å². The summed E-state index contributed by atoms with van der Waals surface area (Å²) in [4.78, 5) is 23.6. The zero-order valence-corrected chi connectivity index (χ0v) is 18.5. The van der Waals surface area contributed by atoms with E-state index in [9.17, 15) is 4.79 Å². The van der Waals surface area contributed by atoms with Gasteiger partial charge in [0.15, 0.2) is 0 Å². The van der Waals surface area contributed by atoms with E-state index in [2.05, 4.69) is 31.3 Å². The lowest BCUT2D eigenvalue weighted by atomic mass is 10.0. The Kier molecular flexibility index (Phi) is 6.46. The van der Waals surface area contributed by atoms with Crippen LogP contribution in [0.15, 0.2) is 30.6 Å². The monoisotopic (exact) mass is 422 g/mol. The number of ether oxygens (including phenoxy) is 1. The average Bonchev–Trinajstić information content (AvgIpc) is 3.24. The number of methoxy groups -OCH3 is 1. The van der Waals surface area contributed by atoms with Crippen LogP contribution in [-0.2, 0) is 17.8 Å². The molecule has 8 nitrogen and oxygen atoms in total. The van der Waals surface area contributed by atoms with Crippen LogP contribution in [0.3, 0.4) is 0 Å². The summed E-state index contributed by atoms with van der Waals surface area (Å²) in [5.41, 5.74) is 4.18. The second-order valence-electron chi connectivity index (χ2n) is 8.16. The van der Waals surface area contributed by atoms with Gasteiger partial charge in [-0.05, 0) is 44.7 Å². The maximum absolute atomic E-state index is 12.6. The number of carbonyl (C=O) groups excluding carboxylic acids is 1. The molecule has 3 aromatic rings. The number of hydrogen-bond acceptors (Lipinski definition) is 6. The van der Waals surface area contributed by atoms with Crippen molar-refractivity contribution in [1.29, 1.82) is 0 Å². The first-order chi connectivity index (χ1) is 15.0. The molecule has 0 atom stereocenters. The number of para-hydroxylation sites is 1. The largest absolute Gasteiger partial charge is 0.496 e. The van der Waals surface area contributed by atoms with Crippen molar-refractivity contribution in [3.8, 4) is 5.75 Å². The molecule has 1 N–H and O–H groups in total. The maximum atomic E-state index is 12.6. The SMILES string of the molecule is COc1ccccc1CN1CCC(NC(=O)CCc2c(C)nc3ncnn3c2C)CC1. The molecule has 2 aromatic heterocycles. The molecule has 8 heteroatoms. The predicted molar refractivity (Wildman–Crippen MR) is 118 cm³/mol. The van der Waals surface area contributed by atoms with Crippen LogP contribution < -0.4 is 10.1 Å². The van der Waals surface area contributed by atoms with E-state index in [1.807, 2.05) is 32.0 Å². The number of rotatable bonds is 7. The molecule has 1 fully saturated rings. The van der Waals surface area contributed by atoms with Gasteiger partial charge in [0.25, 0.3) is 5.78 Å². The highest BCUT2D eigenvalue weighted by molar-refractivity contribution is 5.76. The highest BCUT2D eigenvalue weighted by atomic mass is 16.5. The number of aryl methyl sites for hydroxylation is 2. The second kappa shape index (κ2) is 9.43. The van der Waals surface area contributed by atoms with Crippen LogP contribution >= 0.6 is 0 Å². The number of nitrogens with zero attached hydrogens (tertiary/aromatic N) is 5. The molecule has 164 valence electrons. The summed E-state index contributed by atoms with van der Waals surface area (Å²) in [5.74, 6) is 1.63. The first-order valence-corrected chi connectivity index (χ1v) is 10.8. The van der Waals surface area contributed by atoms with Crippen LogP contribution in [0, 0.1) is 13.8 Å². The van der Waals surface area contributed by atoms with Crippen LogP contribution in [0.1, 0.15) is 41.8 Å². The van der Waals surface area contributed by atoms with Gasteiger partial charge in [-0.15, -0.1) is 0 Å². The Labute approximate surface area is 182 Å². The van der Waals surface area contributed by atoms with Gasteiger partial charge in [-0.3, -0.25) is 9.69 Å². The molecule has 4 rings (SSSR count). The Morgan fingerprint density at radius 1 is 1.23 bits per heavy atom. The zero-order valence-electron chi connectivity index (χ0n) is 18.5. The Morgan fingerprint density at radius 2 is 2.00 bits per heavy atom. The summed E-state index contributed by atoms with van der Waals surface area (Å²) in [5, 5.41) is 7.44. The van der Waals surface area contributed by atoms with Crippen molar-refractivity contribution in [2.75, 3.05) is 20.2 Å². The third-order valence-electron chi connectivity index (χ3n) is 6.13. The second-order valence-corrected chi connectivity index (χ2v) is 8.16. The molecular formula is C23H30N6O2. The van der Waals surface area contributed by atoms with Crippen molar-refractivity contribution in [2.24, 2.45) is 0 Å². The number of nitrogens with one attached hydrogen (secondary N) is 1. The number of likely N-dealkylation sites (tertiary alicyclic amines) is 1. The Hall–Kier alpha value is -3.00. The number of amides is 1. The van der Waals surface area contributed by atoms with E-state index in [1.54, 1.807) is 11.6 Å². The molecule has 0 radical (unpaired) electrons. The first kappa shape index (κ1) is 21.2. The summed E-state index contributed by atoms with van der Waals surface area (Å²) in [6.07, 6.45) is 4.53. The topological polar surface area (TPSA) is 84.6 Å². The number of benzene rings is 1. The number of piperidine rings is 1. The first-order valence-electron chi connectivity index (χ1n) is 10.8. The summed E-state index contributed by atoms with van der Waals surface area (Å²) in [6.45, 7) is 6.77. The highest BCUT2D eigenvalue weighted by Crippen LogP contribution is 2.21. The molecule has 1 aliphatic rings. The molecule has 31 heavy (non-hydrogen) atoms. The van der Waals surface area contributed by atoms with E-state index in [-0.39, 0.29) is 11.9 Å². The number of carbonyl (C=O) groups is 1. The van der Waals surface area contributed by atoms with Crippen LogP contribution in [0.4, 0.5) is 0 Å². The van der Waals surface area contributed by atoms with Gasteiger partial charge in [-0.1, -0.05) is 18.2 Å². The normalized spacial score (nSPS) is 15.3. The minimum absolute atomic E-state index is 0.0978. The predicted octanol–water partition coefficient (Wildman–Crippen LogP) is 2.46. The Balaban J connectivity index is 1.26. The van der Waals surface area contributed by atoms with E-state index in [0.29, 0.717) is 18.6 Å². The molecule has 0 bridgehead atoms.